The average Bonchev–Trinajstić information content (AvgIpc) is 3.21. The zero-order valence-corrected chi connectivity index (χ0v) is 12.3. The predicted octanol–water partition coefficient (Wildman–Crippen LogP) is 3.06. The van der Waals surface area contributed by atoms with Gasteiger partial charge in [0.05, 0.1) is 23.8 Å². The molecule has 4 rings (SSSR count). The highest BCUT2D eigenvalue weighted by atomic mass is 35.5. The van der Waals surface area contributed by atoms with Crippen molar-refractivity contribution in [3.63, 3.8) is 0 Å². The average molecular weight is 295 g/mol. The summed E-state index contributed by atoms with van der Waals surface area (Å²) in [6.45, 7) is 1.48. The second-order valence-electron chi connectivity index (χ2n) is 6.21. The molecule has 108 valence electrons. The van der Waals surface area contributed by atoms with Crippen molar-refractivity contribution in [2.24, 2.45) is 0 Å². The van der Waals surface area contributed by atoms with Crippen molar-refractivity contribution >= 4 is 11.6 Å². The third-order valence-electron chi connectivity index (χ3n) is 4.62. The maximum atomic E-state index is 10.3. The molecule has 0 saturated heterocycles. The summed E-state index contributed by atoms with van der Waals surface area (Å²) >= 11 is 6.54. The van der Waals surface area contributed by atoms with Crippen molar-refractivity contribution in [3.05, 3.63) is 21.7 Å². The van der Waals surface area contributed by atoms with Gasteiger partial charge in [0.15, 0.2) is 0 Å². The minimum Gasteiger partial charge on any atom is -0.493 e. The first-order valence-corrected chi connectivity index (χ1v) is 7.90. The van der Waals surface area contributed by atoms with Crippen LogP contribution >= 0.6 is 11.6 Å². The van der Waals surface area contributed by atoms with Gasteiger partial charge in [-0.1, -0.05) is 11.6 Å². The third kappa shape index (κ3) is 1.99. The molecule has 20 heavy (non-hydrogen) atoms. The monoisotopic (exact) mass is 294 g/mol. The SMILES string of the molecule is OC1(Cc2c3c(c(Cl)c4c2OCCC4)OCCC3)CC1. The van der Waals surface area contributed by atoms with E-state index in [2.05, 4.69) is 0 Å². The van der Waals surface area contributed by atoms with Gasteiger partial charge < -0.3 is 14.6 Å². The number of benzene rings is 1. The van der Waals surface area contributed by atoms with E-state index in [4.69, 9.17) is 21.1 Å². The van der Waals surface area contributed by atoms with Crippen LogP contribution in [0.25, 0.3) is 0 Å². The molecule has 3 aliphatic rings. The van der Waals surface area contributed by atoms with E-state index in [9.17, 15) is 5.11 Å². The normalized spacial score (nSPS) is 22.3. The molecule has 0 unspecified atom stereocenters. The Balaban J connectivity index is 1.89. The molecule has 1 saturated carbocycles. The molecule has 0 radical (unpaired) electrons. The van der Waals surface area contributed by atoms with Gasteiger partial charge in [-0.3, -0.25) is 0 Å². The summed E-state index contributed by atoms with van der Waals surface area (Å²) in [4.78, 5) is 0. The lowest BCUT2D eigenvalue weighted by Crippen LogP contribution is -2.21. The predicted molar refractivity (Wildman–Crippen MR) is 77.0 cm³/mol. The van der Waals surface area contributed by atoms with E-state index in [1.165, 1.54) is 5.56 Å². The summed E-state index contributed by atoms with van der Waals surface area (Å²) in [5, 5.41) is 11.1. The molecule has 1 aliphatic carbocycles. The Morgan fingerprint density at radius 1 is 1.00 bits per heavy atom. The van der Waals surface area contributed by atoms with Gasteiger partial charge in [-0.05, 0) is 38.5 Å². The number of aliphatic hydroxyl groups is 1. The van der Waals surface area contributed by atoms with Gasteiger partial charge in [0.2, 0.25) is 0 Å². The minimum atomic E-state index is -0.520. The lowest BCUT2D eigenvalue weighted by Gasteiger charge is -2.29. The number of halogens is 1. The zero-order chi connectivity index (χ0) is 13.7. The van der Waals surface area contributed by atoms with Gasteiger partial charge in [0.1, 0.15) is 11.5 Å². The largest absolute Gasteiger partial charge is 0.493 e. The Labute approximate surface area is 123 Å². The van der Waals surface area contributed by atoms with Crippen molar-refractivity contribution in [1.29, 1.82) is 0 Å². The fraction of sp³-hybridized carbons (Fsp3) is 0.625. The summed E-state index contributed by atoms with van der Waals surface area (Å²) in [6.07, 6.45) is 6.37. The molecule has 1 aromatic rings. The van der Waals surface area contributed by atoms with Crippen molar-refractivity contribution in [1.82, 2.24) is 0 Å². The fourth-order valence-corrected chi connectivity index (χ4v) is 3.67. The highest BCUT2D eigenvalue weighted by molar-refractivity contribution is 6.33. The smallest absolute Gasteiger partial charge is 0.141 e. The van der Waals surface area contributed by atoms with Crippen LogP contribution in [0.15, 0.2) is 0 Å². The van der Waals surface area contributed by atoms with Gasteiger partial charge >= 0.3 is 0 Å². The van der Waals surface area contributed by atoms with Gasteiger partial charge in [-0.15, -0.1) is 0 Å². The van der Waals surface area contributed by atoms with Crippen LogP contribution < -0.4 is 9.47 Å². The molecule has 0 amide bonds. The number of ether oxygens (including phenoxy) is 2. The van der Waals surface area contributed by atoms with Crippen molar-refractivity contribution in [3.8, 4) is 11.5 Å². The second kappa shape index (κ2) is 4.54. The van der Waals surface area contributed by atoms with E-state index in [0.29, 0.717) is 6.42 Å². The second-order valence-corrected chi connectivity index (χ2v) is 6.59. The minimum absolute atomic E-state index is 0.520. The van der Waals surface area contributed by atoms with Crippen LogP contribution in [0.2, 0.25) is 5.02 Å². The molecule has 0 spiro atoms. The Morgan fingerprint density at radius 3 is 2.35 bits per heavy atom. The molecule has 1 N–H and O–H groups in total. The van der Waals surface area contributed by atoms with E-state index >= 15 is 0 Å². The molecule has 1 aromatic carbocycles. The Bertz CT molecular complexity index is 526. The fourth-order valence-electron chi connectivity index (χ4n) is 3.32. The van der Waals surface area contributed by atoms with E-state index in [1.54, 1.807) is 0 Å². The number of fused-ring (bicyclic) bond motifs is 2. The molecular weight excluding hydrogens is 276 g/mol. The third-order valence-corrected chi connectivity index (χ3v) is 5.02. The first-order valence-electron chi connectivity index (χ1n) is 7.52. The number of hydrogen-bond donors (Lipinski definition) is 1. The van der Waals surface area contributed by atoms with Crippen LogP contribution in [-0.4, -0.2) is 23.9 Å². The highest BCUT2D eigenvalue weighted by Gasteiger charge is 2.43. The van der Waals surface area contributed by atoms with Crippen molar-refractivity contribution in [2.45, 2.75) is 50.5 Å². The maximum Gasteiger partial charge on any atom is 0.141 e. The quantitative estimate of drug-likeness (QED) is 0.911. The highest BCUT2D eigenvalue weighted by Crippen LogP contribution is 2.49. The molecular formula is C16H19ClO3. The van der Waals surface area contributed by atoms with Crippen LogP contribution in [0.5, 0.6) is 11.5 Å². The number of hydrogen-bond acceptors (Lipinski definition) is 3. The molecule has 0 bridgehead atoms. The standard InChI is InChI=1S/C16H19ClO3/c17-13-11-4-2-7-19-14(11)12(9-16(18)5-6-16)10-3-1-8-20-15(10)13/h18H,1-9H2. The van der Waals surface area contributed by atoms with Crippen LogP contribution in [0, 0.1) is 0 Å². The molecule has 4 heteroatoms. The lowest BCUT2D eigenvalue weighted by molar-refractivity contribution is 0.148. The summed E-state index contributed by atoms with van der Waals surface area (Å²) in [5.74, 6) is 1.78. The Hall–Kier alpha value is -0.930. The van der Waals surface area contributed by atoms with E-state index in [1.807, 2.05) is 0 Å². The van der Waals surface area contributed by atoms with Gasteiger partial charge in [0.25, 0.3) is 0 Å². The van der Waals surface area contributed by atoms with Crippen molar-refractivity contribution < 1.29 is 14.6 Å². The maximum absolute atomic E-state index is 10.3. The molecule has 2 heterocycles. The summed E-state index contributed by atoms with van der Waals surface area (Å²) in [7, 11) is 0. The summed E-state index contributed by atoms with van der Waals surface area (Å²) in [5.41, 5.74) is 2.88. The first kappa shape index (κ1) is 12.8. The van der Waals surface area contributed by atoms with Crippen molar-refractivity contribution in [2.75, 3.05) is 13.2 Å². The van der Waals surface area contributed by atoms with E-state index < -0.39 is 5.60 Å². The summed E-state index contributed by atoms with van der Waals surface area (Å²) in [6, 6.07) is 0. The van der Waals surface area contributed by atoms with Crippen LogP contribution in [0.4, 0.5) is 0 Å². The topological polar surface area (TPSA) is 38.7 Å². The van der Waals surface area contributed by atoms with Gasteiger partial charge in [-0.2, -0.15) is 0 Å². The molecule has 0 atom stereocenters. The van der Waals surface area contributed by atoms with Crippen LogP contribution in [-0.2, 0) is 19.3 Å². The molecule has 1 fully saturated rings. The first-order chi connectivity index (χ1) is 9.68. The Morgan fingerprint density at radius 2 is 1.65 bits per heavy atom. The van der Waals surface area contributed by atoms with Gasteiger partial charge in [-0.25, -0.2) is 0 Å². The Kier molecular flexibility index (Phi) is 2.90. The zero-order valence-electron chi connectivity index (χ0n) is 11.5. The van der Waals surface area contributed by atoms with E-state index in [0.717, 1.165) is 79.4 Å². The van der Waals surface area contributed by atoms with Crippen LogP contribution in [0.1, 0.15) is 42.4 Å². The number of rotatable bonds is 2. The van der Waals surface area contributed by atoms with Crippen LogP contribution in [0.3, 0.4) is 0 Å². The lowest BCUT2D eigenvalue weighted by atomic mass is 9.89. The van der Waals surface area contributed by atoms with Gasteiger partial charge in [0, 0.05) is 23.1 Å². The van der Waals surface area contributed by atoms with E-state index in [-0.39, 0.29) is 0 Å². The summed E-state index contributed by atoms with van der Waals surface area (Å²) < 4.78 is 11.8. The molecule has 3 nitrogen and oxygen atoms in total. The molecule has 0 aromatic heterocycles. The molecule has 2 aliphatic heterocycles.